The average molecular weight is 225 g/mol. The third-order valence-corrected chi connectivity index (χ3v) is 4.32. The van der Waals surface area contributed by atoms with Crippen LogP contribution >= 0.6 is 0 Å². The van der Waals surface area contributed by atoms with Gasteiger partial charge in [-0.2, -0.15) is 0 Å². The predicted molar refractivity (Wildman–Crippen MR) is 62.4 cm³/mol. The lowest BCUT2D eigenvalue weighted by Crippen LogP contribution is -2.55. The molecule has 2 saturated heterocycles. The number of ether oxygens (including phenoxy) is 2. The minimum Gasteiger partial charge on any atom is -0.380 e. The number of fused-ring (bicyclic) bond motifs is 1. The van der Waals surface area contributed by atoms with Crippen molar-refractivity contribution in [2.45, 2.75) is 38.2 Å². The Balaban J connectivity index is 1.56. The SMILES string of the molecule is C1CO[C@@H]2CCNC[C@]2(COCC2CC2)C1. The standard InChI is InChI=1S/C13H23NO2/c1-5-13(10-15-8-11-2-3-11)9-14-6-4-12(13)16-7-1/h11-12,14H,1-10H2/t12-,13+/m1/s1. The van der Waals surface area contributed by atoms with Crippen LogP contribution in [0, 0.1) is 11.3 Å². The molecule has 2 heterocycles. The molecule has 0 aromatic heterocycles. The van der Waals surface area contributed by atoms with Gasteiger partial charge in [0.25, 0.3) is 0 Å². The summed E-state index contributed by atoms with van der Waals surface area (Å²) in [6.45, 7) is 5.03. The Kier molecular flexibility index (Phi) is 3.18. The lowest BCUT2D eigenvalue weighted by Gasteiger charge is -2.47. The molecular weight excluding hydrogens is 202 g/mol. The van der Waals surface area contributed by atoms with Crippen LogP contribution in [0.15, 0.2) is 0 Å². The third-order valence-electron chi connectivity index (χ3n) is 4.32. The highest BCUT2D eigenvalue weighted by atomic mass is 16.5. The molecule has 92 valence electrons. The van der Waals surface area contributed by atoms with Gasteiger partial charge in [0.1, 0.15) is 0 Å². The molecule has 0 aromatic carbocycles. The smallest absolute Gasteiger partial charge is 0.0677 e. The molecule has 2 aliphatic heterocycles. The van der Waals surface area contributed by atoms with Crippen LogP contribution in [-0.2, 0) is 9.47 Å². The van der Waals surface area contributed by atoms with Gasteiger partial charge in [0.2, 0.25) is 0 Å². The van der Waals surface area contributed by atoms with E-state index in [0.29, 0.717) is 6.10 Å². The van der Waals surface area contributed by atoms with E-state index in [1.807, 2.05) is 0 Å². The molecular formula is C13H23NO2. The van der Waals surface area contributed by atoms with Gasteiger partial charge in [-0.15, -0.1) is 0 Å². The van der Waals surface area contributed by atoms with Gasteiger partial charge in [-0.1, -0.05) is 0 Å². The maximum absolute atomic E-state index is 5.94. The molecule has 0 radical (unpaired) electrons. The second-order valence-corrected chi connectivity index (χ2v) is 5.75. The second kappa shape index (κ2) is 4.63. The Hall–Kier alpha value is -0.120. The number of hydrogen-bond donors (Lipinski definition) is 1. The van der Waals surface area contributed by atoms with E-state index >= 15 is 0 Å². The molecule has 0 unspecified atom stereocenters. The Labute approximate surface area is 97.9 Å². The van der Waals surface area contributed by atoms with Crippen LogP contribution in [0.2, 0.25) is 0 Å². The van der Waals surface area contributed by atoms with Crippen molar-refractivity contribution in [3.8, 4) is 0 Å². The van der Waals surface area contributed by atoms with E-state index in [4.69, 9.17) is 9.47 Å². The van der Waals surface area contributed by atoms with Crippen LogP contribution in [0.25, 0.3) is 0 Å². The van der Waals surface area contributed by atoms with E-state index < -0.39 is 0 Å². The van der Waals surface area contributed by atoms with Crippen LogP contribution in [0.4, 0.5) is 0 Å². The van der Waals surface area contributed by atoms with Crippen molar-refractivity contribution in [1.29, 1.82) is 0 Å². The van der Waals surface area contributed by atoms with E-state index in [1.165, 1.54) is 25.7 Å². The molecule has 0 bridgehead atoms. The van der Waals surface area contributed by atoms with Crippen LogP contribution in [0.1, 0.15) is 32.1 Å². The van der Waals surface area contributed by atoms with Crippen molar-refractivity contribution in [1.82, 2.24) is 5.32 Å². The van der Waals surface area contributed by atoms with Crippen molar-refractivity contribution < 1.29 is 9.47 Å². The number of rotatable bonds is 4. The van der Waals surface area contributed by atoms with Gasteiger partial charge in [-0.25, -0.2) is 0 Å². The number of piperidine rings is 1. The highest BCUT2D eigenvalue weighted by Crippen LogP contribution is 2.38. The molecule has 0 spiro atoms. The van der Waals surface area contributed by atoms with Gasteiger partial charge < -0.3 is 14.8 Å². The summed E-state index contributed by atoms with van der Waals surface area (Å²) >= 11 is 0. The van der Waals surface area contributed by atoms with Crippen LogP contribution in [0.3, 0.4) is 0 Å². The van der Waals surface area contributed by atoms with Gasteiger partial charge >= 0.3 is 0 Å². The van der Waals surface area contributed by atoms with E-state index in [2.05, 4.69) is 5.32 Å². The largest absolute Gasteiger partial charge is 0.380 e. The van der Waals surface area contributed by atoms with Gasteiger partial charge in [-0.3, -0.25) is 0 Å². The van der Waals surface area contributed by atoms with E-state index in [-0.39, 0.29) is 5.41 Å². The molecule has 16 heavy (non-hydrogen) atoms. The summed E-state index contributed by atoms with van der Waals surface area (Å²) in [5.41, 5.74) is 0.283. The topological polar surface area (TPSA) is 30.5 Å². The quantitative estimate of drug-likeness (QED) is 0.788. The minimum absolute atomic E-state index is 0.283. The average Bonchev–Trinajstić information content (AvgIpc) is 3.13. The summed E-state index contributed by atoms with van der Waals surface area (Å²) in [5.74, 6) is 0.871. The van der Waals surface area contributed by atoms with E-state index in [0.717, 1.165) is 45.2 Å². The first kappa shape index (κ1) is 11.0. The summed E-state index contributed by atoms with van der Waals surface area (Å²) in [6.07, 6.45) is 6.84. The van der Waals surface area contributed by atoms with Crippen molar-refractivity contribution in [3.05, 3.63) is 0 Å². The van der Waals surface area contributed by atoms with E-state index in [1.54, 1.807) is 0 Å². The lowest BCUT2D eigenvalue weighted by molar-refractivity contribution is -0.131. The summed E-state index contributed by atoms with van der Waals surface area (Å²) in [7, 11) is 0. The highest BCUT2D eigenvalue weighted by molar-refractivity contribution is 4.95. The van der Waals surface area contributed by atoms with Gasteiger partial charge in [-0.05, 0) is 44.6 Å². The maximum atomic E-state index is 5.94. The Morgan fingerprint density at radius 2 is 2.25 bits per heavy atom. The molecule has 1 N–H and O–H groups in total. The fraction of sp³-hybridized carbons (Fsp3) is 1.00. The highest BCUT2D eigenvalue weighted by Gasteiger charge is 2.43. The Morgan fingerprint density at radius 1 is 1.31 bits per heavy atom. The second-order valence-electron chi connectivity index (χ2n) is 5.75. The molecule has 2 atom stereocenters. The van der Waals surface area contributed by atoms with Gasteiger partial charge in [0.05, 0.1) is 12.7 Å². The third kappa shape index (κ3) is 2.27. The van der Waals surface area contributed by atoms with Crippen molar-refractivity contribution >= 4 is 0 Å². The summed E-state index contributed by atoms with van der Waals surface area (Å²) in [6, 6.07) is 0. The van der Waals surface area contributed by atoms with Gasteiger partial charge in [0.15, 0.2) is 0 Å². The zero-order valence-corrected chi connectivity index (χ0v) is 10.0. The minimum atomic E-state index is 0.283. The van der Waals surface area contributed by atoms with Gasteiger partial charge in [0, 0.05) is 25.2 Å². The maximum Gasteiger partial charge on any atom is 0.0677 e. The zero-order chi connectivity index (χ0) is 10.8. The van der Waals surface area contributed by atoms with Crippen LogP contribution in [-0.4, -0.2) is 39.0 Å². The lowest BCUT2D eigenvalue weighted by atomic mass is 9.73. The molecule has 3 heteroatoms. The predicted octanol–water partition coefficient (Wildman–Crippen LogP) is 1.57. The Morgan fingerprint density at radius 3 is 3.12 bits per heavy atom. The first-order chi connectivity index (χ1) is 7.89. The molecule has 0 aromatic rings. The van der Waals surface area contributed by atoms with Crippen molar-refractivity contribution in [3.63, 3.8) is 0 Å². The fourth-order valence-corrected chi connectivity index (χ4v) is 3.08. The number of hydrogen-bond acceptors (Lipinski definition) is 3. The van der Waals surface area contributed by atoms with E-state index in [9.17, 15) is 0 Å². The van der Waals surface area contributed by atoms with Crippen LogP contribution in [0.5, 0.6) is 0 Å². The van der Waals surface area contributed by atoms with Crippen LogP contribution < -0.4 is 5.32 Å². The molecule has 3 aliphatic rings. The monoisotopic (exact) mass is 225 g/mol. The zero-order valence-electron chi connectivity index (χ0n) is 10.0. The molecule has 1 saturated carbocycles. The van der Waals surface area contributed by atoms with Crippen molar-refractivity contribution in [2.75, 3.05) is 32.9 Å². The Bertz CT molecular complexity index is 228. The molecule has 0 amide bonds. The summed E-state index contributed by atoms with van der Waals surface area (Å²) in [4.78, 5) is 0. The first-order valence-corrected chi connectivity index (χ1v) is 6.79. The fourth-order valence-electron chi connectivity index (χ4n) is 3.08. The summed E-state index contributed by atoms with van der Waals surface area (Å²) in [5, 5.41) is 3.52. The molecule has 3 nitrogen and oxygen atoms in total. The first-order valence-electron chi connectivity index (χ1n) is 6.79. The normalized spacial score (nSPS) is 39.4. The molecule has 1 aliphatic carbocycles. The summed E-state index contributed by atoms with van der Waals surface area (Å²) < 4.78 is 11.9. The molecule has 3 fully saturated rings. The van der Waals surface area contributed by atoms with Crippen molar-refractivity contribution in [2.24, 2.45) is 11.3 Å². The number of nitrogens with one attached hydrogen (secondary N) is 1. The molecule has 3 rings (SSSR count).